The fourth-order valence-electron chi connectivity index (χ4n) is 3.66. The van der Waals surface area contributed by atoms with Crippen molar-refractivity contribution in [3.05, 3.63) is 35.9 Å². The van der Waals surface area contributed by atoms with Gasteiger partial charge in [0.25, 0.3) is 0 Å². The molecule has 6 nitrogen and oxygen atoms in total. The Kier molecular flexibility index (Phi) is 8.38. The molecule has 0 spiro atoms. The van der Waals surface area contributed by atoms with Crippen molar-refractivity contribution in [2.45, 2.75) is 44.8 Å². The zero-order chi connectivity index (χ0) is 18.4. The molecule has 2 saturated heterocycles. The lowest BCUT2D eigenvalue weighted by molar-refractivity contribution is -0.133. The molecule has 0 aromatic heterocycles. The molecule has 0 bridgehead atoms. The van der Waals surface area contributed by atoms with Gasteiger partial charge < -0.3 is 20.3 Å². The second-order valence-electron chi connectivity index (χ2n) is 7.39. The molecule has 0 saturated carbocycles. The summed E-state index contributed by atoms with van der Waals surface area (Å²) in [5.74, 6) is 0.596. The van der Waals surface area contributed by atoms with Crippen molar-refractivity contribution in [2.24, 2.45) is 11.7 Å². The first-order valence-electron chi connectivity index (χ1n) is 9.61. The zero-order valence-corrected chi connectivity index (χ0v) is 16.5. The molecule has 2 fully saturated rings. The van der Waals surface area contributed by atoms with E-state index in [9.17, 15) is 9.59 Å². The number of ether oxygens (including phenoxy) is 1. The van der Waals surface area contributed by atoms with Gasteiger partial charge in [-0.1, -0.05) is 30.3 Å². The third-order valence-electron chi connectivity index (χ3n) is 5.43. The lowest BCUT2D eigenvalue weighted by Gasteiger charge is -2.34. The van der Waals surface area contributed by atoms with E-state index in [-0.39, 0.29) is 30.4 Å². The Bertz CT molecular complexity index is 598. The molecule has 0 radical (unpaired) electrons. The van der Waals surface area contributed by atoms with Gasteiger partial charge in [0.2, 0.25) is 5.91 Å². The molecule has 2 N–H and O–H groups in total. The summed E-state index contributed by atoms with van der Waals surface area (Å²) < 4.78 is 5.39. The van der Waals surface area contributed by atoms with Gasteiger partial charge in [0.1, 0.15) is 6.61 Å². The van der Waals surface area contributed by atoms with Crippen LogP contribution in [0.4, 0.5) is 4.79 Å². The molecule has 2 aliphatic heterocycles. The van der Waals surface area contributed by atoms with Crippen molar-refractivity contribution in [1.29, 1.82) is 0 Å². The van der Waals surface area contributed by atoms with Gasteiger partial charge in [-0.3, -0.25) is 4.79 Å². The molecule has 1 aromatic carbocycles. The van der Waals surface area contributed by atoms with Crippen LogP contribution in [0, 0.1) is 5.92 Å². The standard InChI is InChI=1S/C20H29N3O3.ClH/c21-18-8-12-22(13-9-18)19(24)14-16-6-10-23(11-7-16)20(25)26-15-17-4-2-1-3-5-17;/h1-5,16,18H,6-15,21H2;1H. The second kappa shape index (κ2) is 10.5. The highest BCUT2D eigenvalue weighted by molar-refractivity contribution is 5.85. The number of rotatable bonds is 4. The maximum Gasteiger partial charge on any atom is 0.410 e. The molecular weight excluding hydrogens is 366 g/mol. The number of hydrogen-bond donors (Lipinski definition) is 1. The number of halogens is 1. The van der Waals surface area contributed by atoms with Crippen molar-refractivity contribution in [3.63, 3.8) is 0 Å². The van der Waals surface area contributed by atoms with Gasteiger partial charge in [0.15, 0.2) is 0 Å². The van der Waals surface area contributed by atoms with Gasteiger partial charge in [-0.25, -0.2) is 4.79 Å². The Labute approximate surface area is 167 Å². The maximum atomic E-state index is 12.4. The summed E-state index contributed by atoms with van der Waals surface area (Å²) in [5.41, 5.74) is 6.89. The SMILES string of the molecule is Cl.NC1CCN(C(=O)CC2CCN(C(=O)OCc3ccccc3)CC2)CC1. The lowest BCUT2D eigenvalue weighted by atomic mass is 9.92. The summed E-state index contributed by atoms with van der Waals surface area (Å²) >= 11 is 0. The lowest BCUT2D eigenvalue weighted by Crippen LogP contribution is -2.44. The summed E-state index contributed by atoms with van der Waals surface area (Å²) in [5, 5.41) is 0. The second-order valence-corrected chi connectivity index (χ2v) is 7.39. The van der Waals surface area contributed by atoms with E-state index in [1.807, 2.05) is 35.2 Å². The van der Waals surface area contributed by atoms with Crippen LogP contribution < -0.4 is 5.73 Å². The first kappa shape index (κ1) is 21.5. The van der Waals surface area contributed by atoms with Crippen LogP contribution in [0.1, 0.15) is 37.7 Å². The number of carbonyl (C=O) groups is 2. The Morgan fingerprint density at radius 1 is 0.963 bits per heavy atom. The number of nitrogens with two attached hydrogens (primary N) is 1. The fourth-order valence-corrected chi connectivity index (χ4v) is 3.66. The predicted octanol–water partition coefficient (Wildman–Crippen LogP) is 2.80. The Morgan fingerprint density at radius 3 is 2.19 bits per heavy atom. The molecule has 3 rings (SSSR count). The molecule has 0 aliphatic carbocycles. The van der Waals surface area contributed by atoms with E-state index < -0.39 is 0 Å². The van der Waals surface area contributed by atoms with E-state index in [4.69, 9.17) is 10.5 Å². The first-order valence-corrected chi connectivity index (χ1v) is 9.61. The third kappa shape index (κ3) is 6.40. The largest absolute Gasteiger partial charge is 0.445 e. The van der Waals surface area contributed by atoms with Crippen LogP contribution in [0.2, 0.25) is 0 Å². The van der Waals surface area contributed by atoms with Gasteiger partial charge in [0, 0.05) is 38.6 Å². The third-order valence-corrected chi connectivity index (χ3v) is 5.43. The summed E-state index contributed by atoms with van der Waals surface area (Å²) in [4.78, 5) is 28.3. The highest BCUT2D eigenvalue weighted by Gasteiger charge is 2.28. The number of nitrogens with zero attached hydrogens (tertiary/aromatic N) is 2. The van der Waals surface area contributed by atoms with Crippen molar-refractivity contribution >= 4 is 24.4 Å². The summed E-state index contributed by atoms with van der Waals surface area (Å²) in [6.07, 6.45) is 3.85. The van der Waals surface area contributed by atoms with Gasteiger partial charge in [0.05, 0.1) is 0 Å². The molecule has 150 valence electrons. The molecule has 0 unspecified atom stereocenters. The minimum absolute atomic E-state index is 0. The fraction of sp³-hybridized carbons (Fsp3) is 0.600. The Hall–Kier alpha value is -1.79. The molecule has 2 amide bonds. The van der Waals surface area contributed by atoms with E-state index in [0.29, 0.717) is 32.0 Å². The van der Waals surface area contributed by atoms with Crippen LogP contribution in [0.15, 0.2) is 30.3 Å². The zero-order valence-electron chi connectivity index (χ0n) is 15.7. The number of amides is 2. The molecule has 2 aliphatic rings. The summed E-state index contributed by atoms with van der Waals surface area (Å²) in [7, 11) is 0. The molecule has 0 atom stereocenters. The molecule has 7 heteroatoms. The molecule has 1 aromatic rings. The topological polar surface area (TPSA) is 75.9 Å². The monoisotopic (exact) mass is 395 g/mol. The van der Waals surface area contributed by atoms with Crippen LogP contribution in [0.5, 0.6) is 0 Å². The minimum Gasteiger partial charge on any atom is -0.445 e. The van der Waals surface area contributed by atoms with E-state index in [0.717, 1.165) is 44.3 Å². The number of likely N-dealkylation sites (tertiary alicyclic amines) is 2. The number of benzene rings is 1. The average molecular weight is 396 g/mol. The van der Waals surface area contributed by atoms with Crippen LogP contribution in [-0.2, 0) is 16.1 Å². The highest BCUT2D eigenvalue weighted by atomic mass is 35.5. The highest BCUT2D eigenvalue weighted by Crippen LogP contribution is 2.23. The van der Waals surface area contributed by atoms with Crippen molar-refractivity contribution in [1.82, 2.24) is 9.80 Å². The molecule has 2 heterocycles. The van der Waals surface area contributed by atoms with E-state index in [2.05, 4.69) is 0 Å². The van der Waals surface area contributed by atoms with Gasteiger partial charge in [-0.2, -0.15) is 0 Å². The first-order chi connectivity index (χ1) is 12.6. The normalized spacial score (nSPS) is 18.7. The van der Waals surface area contributed by atoms with Gasteiger partial charge >= 0.3 is 6.09 Å². The summed E-state index contributed by atoms with van der Waals surface area (Å²) in [6.45, 7) is 3.19. The Balaban J connectivity index is 0.00000261. The quantitative estimate of drug-likeness (QED) is 0.850. The van der Waals surface area contributed by atoms with Crippen LogP contribution in [0.3, 0.4) is 0 Å². The minimum atomic E-state index is -0.261. The van der Waals surface area contributed by atoms with E-state index >= 15 is 0 Å². The maximum absolute atomic E-state index is 12.4. The van der Waals surface area contributed by atoms with E-state index in [1.165, 1.54) is 0 Å². The van der Waals surface area contributed by atoms with Crippen LogP contribution in [0.25, 0.3) is 0 Å². The number of hydrogen-bond acceptors (Lipinski definition) is 4. The van der Waals surface area contributed by atoms with Crippen molar-refractivity contribution in [3.8, 4) is 0 Å². The molecule has 27 heavy (non-hydrogen) atoms. The summed E-state index contributed by atoms with van der Waals surface area (Å²) in [6, 6.07) is 9.93. The van der Waals surface area contributed by atoms with Crippen LogP contribution in [-0.4, -0.2) is 54.0 Å². The van der Waals surface area contributed by atoms with E-state index in [1.54, 1.807) is 4.90 Å². The number of piperidine rings is 2. The van der Waals surface area contributed by atoms with Gasteiger partial charge in [-0.15, -0.1) is 12.4 Å². The van der Waals surface area contributed by atoms with Gasteiger partial charge in [-0.05, 0) is 37.2 Å². The average Bonchev–Trinajstić information content (AvgIpc) is 2.68. The van der Waals surface area contributed by atoms with Crippen molar-refractivity contribution < 1.29 is 14.3 Å². The van der Waals surface area contributed by atoms with Crippen LogP contribution >= 0.6 is 12.4 Å². The Morgan fingerprint density at radius 2 is 1.56 bits per heavy atom. The smallest absolute Gasteiger partial charge is 0.410 e. The molecular formula is C20H30ClN3O3. The van der Waals surface area contributed by atoms with Crippen molar-refractivity contribution in [2.75, 3.05) is 26.2 Å². The predicted molar refractivity (Wildman–Crippen MR) is 107 cm³/mol. The number of carbonyl (C=O) groups excluding carboxylic acids is 2.